The van der Waals surface area contributed by atoms with Crippen LogP contribution in [-0.2, 0) is 17.7 Å². The molecule has 4 rings (SSSR count). The Balaban J connectivity index is 1.34. The molecular weight excluding hydrogens is 388 g/mol. The number of hydrogen-bond acceptors (Lipinski definition) is 7. The molecule has 0 amide bonds. The lowest BCUT2D eigenvalue weighted by atomic mass is 9.94. The molecule has 1 unspecified atom stereocenters. The van der Waals surface area contributed by atoms with Crippen molar-refractivity contribution in [2.45, 2.75) is 38.6 Å². The molecule has 0 spiro atoms. The highest BCUT2D eigenvalue weighted by atomic mass is 16.5. The van der Waals surface area contributed by atoms with Gasteiger partial charge in [0.1, 0.15) is 11.6 Å². The van der Waals surface area contributed by atoms with E-state index < -0.39 is 0 Å². The van der Waals surface area contributed by atoms with Crippen molar-refractivity contribution in [3.05, 3.63) is 71.7 Å². The molecule has 1 aliphatic heterocycles. The molecule has 1 N–H and O–H groups in total. The quantitative estimate of drug-likeness (QED) is 0.595. The molecule has 1 atom stereocenters. The molecule has 1 fully saturated rings. The van der Waals surface area contributed by atoms with Gasteiger partial charge in [0, 0.05) is 62.4 Å². The van der Waals surface area contributed by atoms with Gasteiger partial charge in [-0.05, 0) is 50.1 Å². The molecule has 1 aliphatic rings. The number of methoxy groups -OCH3 is 1. The number of hydrogen-bond donors (Lipinski definition) is 1. The van der Waals surface area contributed by atoms with Gasteiger partial charge in [-0.15, -0.1) is 0 Å². The fraction of sp³-hybridized carbons (Fsp3) is 0.417. The van der Waals surface area contributed by atoms with E-state index >= 15 is 0 Å². The van der Waals surface area contributed by atoms with Gasteiger partial charge in [-0.2, -0.15) is 0 Å². The maximum atomic E-state index is 5.09. The lowest BCUT2D eigenvalue weighted by Crippen LogP contribution is -2.34. The van der Waals surface area contributed by atoms with Crippen LogP contribution in [0.1, 0.15) is 41.4 Å². The molecule has 7 nitrogen and oxygen atoms in total. The Morgan fingerprint density at radius 3 is 2.71 bits per heavy atom. The third kappa shape index (κ3) is 5.83. The van der Waals surface area contributed by atoms with Gasteiger partial charge >= 0.3 is 0 Å². The van der Waals surface area contributed by atoms with Crippen LogP contribution in [0.15, 0.2) is 49.1 Å². The molecule has 162 valence electrons. The molecule has 31 heavy (non-hydrogen) atoms. The molecule has 3 aromatic rings. The number of rotatable bonds is 8. The third-order valence-electron chi connectivity index (χ3n) is 5.68. The van der Waals surface area contributed by atoms with Crippen molar-refractivity contribution in [3.8, 4) is 0 Å². The minimum Gasteiger partial charge on any atom is -0.384 e. The van der Waals surface area contributed by atoms with Crippen LogP contribution in [0.25, 0.3) is 0 Å². The van der Waals surface area contributed by atoms with Crippen molar-refractivity contribution in [2.75, 3.05) is 32.1 Å². The zero-order valence-electron chi connectivity index (χ0n) is 18.3. The first-order valence-corrected chi connectivity index (χ1v) is 10.9. The van der Waals surface area contributed by atoms with Crippen molar-refractivity contribution in [1.82, 2.24) is 24.8 Å². The first-order chi connectivity index (χ1) is 15.2. The summed E-state index contributed by atoms with van der Waals surface area (Å²) in [6, 6.07) is 8.23. The number of piperidine rings is 1. The number of aromatic nitrogens is 4. The summed E-state index contributed by atoms with van der Waals surface area (Å²) in [5.41, 5.74) is 4.38. The van der Waals surface area contributed by atoms with E-state index in [1.54, 1.807) is 13.3 Å². The second-order valence-electron chi connectivity index (χ2n) is 8.09. The Kier molecular flexibility index (Phi) is 7.17. The Morgan fingerprint density at radius 1 is 1.10 bits per heavy atom. The Bertz CT molecular complexity index is 961. The summed E-state index contributed by atoms with van der Waals surface area (Å²) in [5.74, 6) is 2.15. The number of anilines is 2. The van der Waals surface area contributed by atoms with E-state index in [0.717, 1.165) is 60.2 Å². The van der Waals surface area contributed by atoms with Gasteiger partial charge in [0.05, 0.1) is 18.5 Å². The number of aryl methyl sites for hydroxylation is 1. The molecule has 4 heterocycles. The van der Waals surface area contributed by atoms with Crippen LogP contribution in [0.4, 0.5) is 11.5 Å². The van der Waals surface area contributed by atoms with Gasteiger partial charge in [0.15, 0.2) is 0 Å². The molecule has 0 radical (unpaired) electrons. The number of likely N-dealkylation sites (tertiary alicyclic amines) is 1. The smallest absolute Gasteiger partial charge is 0.133 e. The standard InChI is InChI=1S/C24H30N6O/c1-18-5-3-10-25-24(18)29-21-7-8-22(26-15-21)20-6-4-11-30(17-20)16-19-13-27-23(28-14-19)9-12-31-2/h3,5,7-8,10,13-15,20H,4,6,9,11-12,16-17H2,1-2H3,(H,25,29). The number of ether oxygens (including phenoxy) is 1. The summed E-state index contributed by atoms with van der Waals surface area (Å²) < 4.78 is 5.09. The SMILES string of the molecule is COCCc1ncc(CN2CCCC(c3ccc(Nc4ncccc4C)cn3)C2)cn1. The van der Waals surface area contributed by atoms with Gasteiger partial charge in [0.25, 0.3) is 0 Å². The summed E-state index contributed by atoms with van der Waals surface area (Å²) >= 11 is 0. The highest BCUT2D eigenvalue weighted by Crippen LogP contribution is 2.27. The second-order valence-corrected chi connectivity index (χ2v) is 8.09. The monoisotopic (exact) mass is 418 g/mol. The fourth-order valence-electron chi connectivity index (χ4n) is 3.96. The molecular formula is C24H30N6O. The summed E-state index contributed by atoms with van der Waals surface area (Å²) in [4.78, 5) is 20.6. The minimum absolute atomic E-state index is 0.446. The van der Waals surface area contributed by atoms with Crippen LogP contribution in [0, 0.1) is 6.92 Å². The maximum absolute atomic E-state index is 5.09. The third-order valence-corrected chi connectivity index (χ3v) is 5.68. The van der Waals surface area contributed by atoms with Gasteiger partial charge in [-0.25, -0.2) is 15.0 Å². The highest BCUT2D eigenvalue weighted by molar-refractivity contribution is 5.57. The van der Waals surface area contributed by atoms with Crippen LogP contribution in [0.3, 0.4) is 0 Å². The van der Waals surface area contributed by atoms with E-state index in [-0.39, 0.29) is 0 Å². The van der Waals surface area contributed by atoms with Crippen LogP contribution >= 0.6 is 0 Å². The van der Waals surface area contributed by atoms with Crippen LogP contribution in [0.2, 0.25) is 0 Å². The Labute approximate surface area is 183 Å². The fourth-order valence-corrected chi connectivity index (χ4v) is 3.96. The lowest BCUT2D eigenvalue weighted by molar-refractivity contribution is 0.197. The topological polar surface area (TPSA) is 76.1 Å². The normalized spacial score (nSPS) is 16.9. The summed E-state index contributed by atoms with van der Waals surface area (Å²) in [6.07, 6.45) is 10.7. The minimum atomic E-state index is 0.446. The van der Waals surface area contributed by atoms with Crippen molar-refractivity contribution in [3.63, 3.8) is 0 Å². The average Bonchev–Trinajstić information content (AvgIpc) is 2.81. The van der Waals surface area contributed by atoms with E-state index in [1.807, 2.05) is 37.6 Å². The molecule has 0 aromatic carbocycles. The zero-order valence-corrected chi connectivity index (χ0v) is 18.3. The summed E-state index contributed by atoms with van der Waals surface area (Å²) in [6.45, 7) is 5.67. The van der Waals surface area contributed by atoms with E-state index in [0.29, 0.717) is 12.5 Å². The average molecular weight is 419 g/mol. The van der Waals surface area contributed by atoms with Gasteiger partial charge in [-0.1, -0.05) is 6.07 Å². The van der Waals surface area contributed by atoms with Crippen LogP contribution < -0.4 is 5.32 Å². The van der Waals surface area contributed by atoms with E-state index in [1.165, 1.54) is 12.8 Å². The predicted octanol–water partition coefficient (Wildman–Crippen LogP) is 3.89. The largest absolute Gasteiger partial charge is 0.384 e. The van der Waals surface area contributed by atoms with E-state index in [4.69, 9.17) is 9.72 Å². The van der Waals surface area contributed by atoms with E-state index in [9.17, 15) is 0 Å². The van der Waals surface area contributed by atoms with Crippen LogP contribution in [-0.4, -0.2) is 51.6 Å². The highest BCUT2D eigenvalue weighted by Gasteiger charge is 2.22. The Hall–Kier alpha value is -2.90. The number of nitrogens with one attached hydrogen (secondary N) is 1. The van der Waals surface area contributed by atoms with Gasteiger partial charge < -0.3 is 10.1 Å². The molecule has 0 aliphatic carbocycles. The van der Waals surface area contributed by atoms with Crippen molar-refractivity contribution in [1.29, 1.82) is 0 Å². The predicted molar refractivity (Wildman–Crippen MR) is 121 cm³/mol. The van der Waals surface area contributed by atoms with E-state index in [2.05, 4.69) is 37.3 Å². The maximum Gasteiger partial charge on any atom is 0.133 e. The lowest BCUT2D eigenvalue weighted by Gasteiger charge is -2.32. The van der Waals surface area contributed by atoms with Gasteiger partial charge in [0.2, 0.25) is 0 Å². The number of pyridine rings is 2. The molecule has 7 heteroatoms. The zero-order chi connectivity index (χ0) is 21.5. The number of nitrogens with zero attached hydrogens (tertiary/aromatic N) is 5. The summed E-state index contributed by atoms with van der Waals surface area (Å²) in [5, 5.41) is 3.36. The van der Waals surface area contributed by atoms with Crippen molar-refractivity contribution >= 4 is 11.5 Å². The van der Waals surface area contributed by atoms with Crippen molar-refractivity contribution in [2.24, 2.45) is 0 Å². The van der Waals surface area contributed by atoms with Gasteiger partial charge in [-0.3, -0.25) is 9.88 Å². The first-order valence-electron chi connectivity index (χ1n) is 10.9. The molecule has 1 saturated heterocycles. The summed E-state index contributed by atoms with van der Waals surface area (Å²) in [7, 11) is 1.70. The van der Waals surface area contributed by atoms with Crippen molar-refractivity contribution < 1.29 is 4.74 Å². The Morgan fingerprint density at radius 2 is 1.97 bits per heavy atom. The molecule has 0 saturated carbocycles. The molecule has 0 bridgehead atoms. The van der Waals surface area contributed by atoms with Crippen LogP contribution in [0.5, 0.6) is 0 Å². The second kappa shape index (κ2) is 10.4. The molecule has 3 aromatic heterocycles. The first kappa shape index (κ1) is 21.3.